The van der Waals surface area contributed by atoms with Gasteiger partial charge in [-0.25, -0.2) is 0 Å². The lowest BCUT2D eigenvalue weighted by Gasteiger charge is -2.16. The van der Waals surface area contributed by atoms with Gasteiger partial charge in [-0.3, -0.25) is 9.59 Å². The van der Waals surface area contributed by atoms with E-state index in [-0.39, 0.29) is 6.10 Å². The molecule has 0 aromatic heterocycles. The highest BCUT2D eigenvalue weighted by Crippen LogP contribution is 2.24. The highest BCUT2D eigenvalue weighted by molar-refractivity contribution is 5.97. The molecular formula is C13H18N2O4. The first kappa shape index (κ1) is 15.0. The summed E-state index contributed by atoms with van der Waals surface area (Å²) in [6, 6.07) is 5.82. The number of carbonyl (C=O) groups is 2. The zero-order valence-corrected chi connectivity index (χ0v) is 10.9. The minimum Gasteiger partial charge on any atom is -0.489 e. The molecule has 19 heavy (non-hydrogen) atoms. The zero-order chi connectivity index (χ0) is 14.4. The van der Waals surface area contributed by atoms with E-state index in [0.717, 1.165) is 0 Å². The van der Waals surface area contributed by atoms with Gasteiger partial charge in [0, 0.05) is 0 Å². The van der Waals surface area contributed by atoms with Gasteiger partial charge in [-0.2, -0.15) is 0 Å². The Bertz CT molecular complexity index is 460. The molecule has 0 bridgehead atoms. The van der Waals surface area contributed by atoms with Gasteiger partial charge in [0.05, 0.1) is 24.3 Å². The smallest absolute Gasteiger partial charge is 0.305 e. The van der Waals surface area contributed by atoms with Crippen LogP contribution in [-0.2, 0) is 9.59 Å². The Labute approximate surface area is 111 Å². The van der Waals surface area contributed by atoms with E-state index in [1.165, 1.54) is 0 Å². The number of nitrogens with two attached hydrogens (primary N) is 1. The molecule has 4 N–H and O–H groups in total. The lowest BCUT2D eigenvalue weighted by atomic mass is 10.2. The molecule has 0 fully saturated rings. The van der Waals surface area contributed by atoms with Crippen LogP contribution in [-0.4, -0.2) is 29.1 Å². The third-order valence-electron chi connectivity index (χ3n) is 2.24. The number of carboxylic acids is 1. The van der Waals surface area contributed by atoms with Gasteiger partial charge in [0.1, 0.15) is 5.75 Å². The Morgan fingerprint density at radius 1 is 1.37 bits per heavy atom. The van der Waals surface area contributed by atoms with Gasteiger partial charge in [0.25, 0.3) is 0 Å². The van der Waals surface area contributed by atoms with Crippen molar-refractivity contribution in [3.05, 3.63) is 24.3 Å². The summed E-state index contributed by atoms with van der Waals surface area (Å²) in [6.45, 7) is 3.74. The van der Waals surface area contributed by atoms with Crippen molar-refractivity contribution in [3.63, 3.8) is 0 Å². The van der Waals surface area contributed by atoms with Crippen LogP contribution in [0.15, 0.2) is 24.3 Å². The number of nitrogens with one attached hydrogen (secondary N) is 1. The third-order valence-corrected chi connectivity index (χ3v) is 2.24. The number of rotatable bonds is 6. The van der Waals surface area contributed by atoms with Gasteiger partial charge < -0.3 is 20.9 Å². The molecule has 1 aromatic rings. The molecule has 104 valence electrons. The summed E-state index contributed by atoms with van der Waals surface area (Å²) in [5, 5.41) is 11.2. The molecule has 0 aliphatic rings. The average Bonchev–Trinajstić information content (AvgIpc) is 2.30. The fourth-order valence-corrected chi connectivity index (χ4v) is 1.43. The summed E-state index contributed by atoms with van der Waals surface area (Å²) in [7, 11) is 0. The van der Waals surface area contributed by atoms with Crippen LogP contribution in [0.25, 0.3) is 0 Å². The number of benzene rings is 1. The van der Waals surface area contributed by atoms with Crippen molar-refractivity contribution in [2.75, 3.05) is 5.32 Å². The van der Waals surface area contributed by atoms with Crippen LogP contribution in [0.3, 0.4) is 0 Å². The molecule has 1 unspecified atom stereocenters. The van der Waals surface area contributed by atoms with Crippen molar-refractivity contribution in [3.8, 4) is 5.75 Å². The highest BCUT2D eigenvalue weighted by Gasteiger charge is 2.18. The normalized spacial score (nSPS) is 12.0. The van der Waals surface area contributed by atoms with Crippen molar-refractivity contribution >= 4 is 17.6 Å². The van der Waals surface area contributed by atoms with Crippen LogP contribution < -0.4 is 15.8 Å². The Kier molecular flexibility index (Phi) is 5.32. The first-order valence-electron chi connectivity index (χ1n) is 5.94. The zero-order valence-electron chi connectivity index (χ0n) is 10.9. The molecule has 6 nitrogen and oxygen atoms in total. The first-order valence-corrected chi connectivity index (χ1v) is 5.94. The number of para-hydroxylation sites is 2. The summed E-state index contributed by atoms with van der Waals surface area (Å²) in [6.07, 6.45) is -0.454. The van der Waals surface area contributed by atoms with E-state index in [4.69, 9.17) is 15.6 Å². The Hall–Kier alpha value is -2.08. The highest BCUT2D eigenvalue weighted by atomic mass is 16.5. The van der Waals surface area contributed by atoms with Crippen molar-refractivity contribution in [1.82, 2.24) is 0 Å². The number of ether oxygens (including phenoxy) is 1. The van der Waals surface area contributed by atoms with Crippen LogP contribution in [0.1, 0.15) is 20.3 Å². The predicted molar refractivity (Wildman–Crippen MR) is 71.1 cm³/mol. The molecule has 6 heteroatoms. The molecular weight excluding hydrogens is 248 g/mol. The van der Waals surface area contributed by atoms with Crippen molar-refractivity contribution in [2.45, 2.75) is 32.4 Å². The van der Waals surface area contributed by atoms with E-state index in [9.17, 15) is 9.59 Å². The van der Waals surface area contributed by atoms with Crippen LogP contribution in [0.2, 0.25) is 0 Å². The first-order chi connectivity index (χ1) is 8.90. The van der Waals surface area contributed by atoms with E-state index in [1.807, 2.05) is 13.8 Å². The summed E-state index contributed by atoms with van der Waals surface area (Å²) in [4.78, 5) is 22.2. The van der Waals surface area contributed by atoms with E-state index in [2.05, 4.69) is 5.32 Å². The average molecular weight is 266 g/mol. The van der Waals surface area contributed by atoms with Gasteiger partial charge in [0.2, 0.25) is 5.91 Å². The Balaban J connectivity index is 2.76. The number of carbonyl (C=O) groups excluding carboxylic acids is 1. The summed E-state index contributed by atoms with van der Waals surface area (Å²) >= 11 is 0. The van der Waals surface area contributed by atoms with Gasteiger partial charge >= 0.3 is 5.97 Å². The lowest BCUT2D eigenvalue weighted by molar-refractivity contribution is -0.138. The Morgan fingerprint density at radius 3 is 2.58 bits per heavy atom. The van der Waals surface area contributed by atoms with Crippen LogP contribution in [0.4, 0.5) is 5.69 Å². The second-order valence-electron chi connectivity index (χ2n) is 4.36. The SMILES string of the molecule is CC(C)Oc1ccccc1NC(=O)C(N)CC(=O)O. The molecule has 0 spiro atoms. The number of amides is 1. The fraction of sp³-hybridized carbons (Fsp3) is 0.385. The maximum Gasteiger partial charge on any atom is 0.305 e. The van der Waals surface area contributed by atoms with E-state index < -0.39 is 24.3 Å². The van der Waals surface area contributed by atoms with Crippen molar-refractivity contribution < 1.29 is 19.4 Å². The molecule has 0 saturated heterocycles. The largest absolute Gasteiger partial charge is 0.489 e. The number of anilines is 1. The van der Waals surface area contributed by atoms with Crippen molar-refractivity contribution in [1.29, 1.82) is 0 Å². The quantitative estimate of drug-likeness (QED) is 0.718. The van der Waals surface area contributed by atoms with Gasteiger partial charge in [-0.15, -0.1) is 0 Å². The molecule has 1 amide bonds. The van der Waals surface area contributed by atoms with E-state index in [0.29, 0.717) is 11.4 Å². The molecule has 1 atom stereocenters. The van der Waals surface area contributed by atoms with Gasteiger partial charge in [-0.1, -0.05) is 12.1 Å². The monoisotopic (exact) mass is 266 g/mol. The minimum atomic E-state index is -1.12. The summed E-state index contributed by atoms with van der Waals surface area (Å²) in [5.74, 6) is -1.15. The molecule has 0 heterocycles. The lowest BCUT2D eigenvalue weighted by Crippen LogP contribution is -2.37. The predicted octanol–water partition coefficient (Wildman–Crippen LogP) is 1.21. The molecule has 1 aromatic carbocycles. The summed E-state index contributed by atoms with van der Waals surface area (Å²) in [5.41, 5.74) is 5.96. The third kappa shape index (κ3) is 4.97. The Morgan fingerprint density at radius 2 is 2.00 bits per heavy atom. The molecule has 0 saturated carbocycles. The van der Waals surface area contributed by atoms with Gasteiger partial charge in [-0.05, 0) is 26.0 Å². The van der Waals surface area contributed by atoms with Crippen molar-refractivity contribution in [2.24, 2.45) is 5.73 Å². The number of hydrogen-bond acceptors (Lipinski definition) is 4. The second-order valence-corrected chi connectivity index (χ2v) is 4.36. The summed E-state index contributed by atoms with van der Waals surface area (Å²) < 4.78 is 5.54. The second kappa shape index (κ2) is 6.75. The molecule has 0 aliphatic carbocycles. The van der Waals surface area contributed by atoms with Crippen LogP contribution >= 0.6 is 0 Å². The number of hydrogen-bond donors (Lipinski definition) is 3. The van der Waals surface area contributed by atoms with E-state index >= 15 is 0 Å². The van der Waals surface area contributed by atoms with Crippen LogP contribution in [0.5, 0.6) is 5.75 Å². The maximum atomic E-state index is 11.7. The van der Waals surface area contributed by atoms with Crippen LogP contribution in [0, 0.1) is 0 Å². The molecule has 0 radical (unpaired) electrons. The number of aliphatic carboxylic acids is 1. The topological polar surface area (TPSA) is 102 Å². The molecule has 0 aliphatic heterocycles. The molecule has 1 rings (SSSR count). The fourth-order valence-electron chi connectivity index (χ4n) is 1.43. The van der Waals surface area contributed by atoms with E-state index in [1.54, 1.807) is 24.3 Å². The minimum absolute atomic E-state index is 0.0363. The maximum absolute atomic E-state index is 11.7. The standard InChI is InChI=1S/C13H18N2O4/c1-8(2)19-11-6-4-3-5-10(11)15-13(18)9(14)7-12(16)17/h3-6,8-9H,7,14H2,1-2H3,(H,15,18)(H,16,17). The van der Waals surface area contributed by atoms with Gasteiger partial charge in [0.15, 0.2) is 0 Å². The number of carboxylic acid groups (broad SMARTS) is 1.